The molecule has 2 amide bonds. The number of hydrogen-bond donors (Lipinski definition) is 2. The van der Waals surface area contributed by atoms with Crippen molar-refractivity contribution < 1.29 is 9.59 Å². The number of nitrogens with one attached hydrogen (secondary N) is 1. The van der Waals surface area contributed by atoms with Gasteiger partial charge in [-0.25, -0.2) is 0 Å². The summed E-state index contributed by atoms with van der Waals surface area (Å²) in [6.45, 7) is 2.00. The number of nitrogens with two attached hydrogens (primary N) is 1. The molecule has 20 heavy (non-hydrogen) atoms. The number of thiophene rings is 1. The average molecular weight is 291 g/mol. The number of anilines is 1. The van der Waals surface area contributed by atoms with Crippen molar-refractivity contribution in [2.24, 2.45) is 0 Å². The third-order valence-corrected chi connectivity index (χ3v) is 4.26. The summed E-state index contributed by atoms with van der Waals surface area (Å²) in [6.07, 6.45) is 0. The average Bonchev–Trinajstić information content (AvgIpc) is 2.75. The highest BCUT2D eigenvalue weighted by Gasteiger charge is 2.21. The highest BCUT2D eigenvalue weighted by molar-refractivity contribution is 7.21. The number of amides is 2. The number of fused-ring (bicyclic) bond motifs is 1. The quantitative estimate of drug-likeness (QED) is 0.902. The van der Waals surface area contributed by atoms with Crippen molar-refractivity contribution in [3.05, 3.63) is 28.6 Å². The Morgan fingerprint density at radius 1 is 1.40 bits per heavy atom. The van der Waals surface area contributed by atoms with E-state index in [0.29, 0.717) is 10.6 Å². The maximum Gasteiger partial charge on any atom is 0.266 e. The number of nitrogens with zero attached hydrogens (tertiary/aromatic N) is 1. The fraction of sp³-hybridized carbons (Fsp3) is 0.286. The topological polar surface area (TPSA) is 75.4 Å². The molecule has 0 aliphatic heterocycles. The van der Waals surface area contributed by atoms with E-state index in [2.05, 4.69) is 5.32 Å². The standard InChI is InChI=1S/C14H17N3O2S/c1-8-4-5-10-9(6-8)12(15)13(20-10)14(19)17(3)7-11(18)16-2/h4-6H,7,15H2,1-3H3,(H,16,18). The summed E-state index contributed by atoms with van der Waals surface area (Å²) in [6, 6.07) is 5.92. The van der Waals surface area contributed by atoms with Crippen LogP contribution < -0.4 is 11.1 Å². The van der Waals surface area contributed by atoms with Gasteiger partial charge in [0.2, 0.25) is 5.91 Å². The van der Waals surface area contributed by atoms with E-state index in [4.69, 9.17) is 5.73 Å². The van der Waals surface area contributed by atoms with Crippen molar-refractivity contribution >= 4 is 38.9 Å². The van der Waals surface area contributed by atoms with Gasteiger partial charge in [-0.3, -0.25) is 9.59 Å². The Balaban J connectivity index is 2.35. The minimum atomic E-state index is -0.232. The van der Waals surface area contributed by atoms with Crippen molar-refractivity contribution in [2.75, 3.05) is 26.4 Å². The van der Waals surface area contributed by atoms with Crippen LogP contribution in [-0.4, -0.2) is 37.4 Å². The van der Waals surface area contributed by atoms with Gasteiger partial charge in [0.15, 0.2) is 0 Å². The molecule has 0 fully saturated rings. The lowest BCUT2D eigenvalue weighted by Gasteiger charge is -2.15. The zero-order valence-corrected chi connectivity index (χ0v) is 12.5. The van der Waals surface area contributed by atoms with Gasteiger partial charge in [0.05, 0.1) is 12.2 Å². The highest BCUT2D eigenvalue weighted by Crippen LogP contribution is 2.34. The summed E-state index contributed by atoms with van der Waals surface area (Å²) < 4.78 is 0.977. The molecule has 0 spiro atoms. The molecule has 2 aromatic rings. The number of aryl methyl sites for hydroxylation is 1. The molecule has 1 aromatic carbocycles. The summed E-state index contributed by atoms with van der Waals surface area (Å²) in [5.74, 6) is -0.443. The van der Waals surface area contributed by atoms with Crippen molar-refractivity contribution in [2.45, 2.75) is 6.92 Å². The molecule has 6 heteroatoms. The number of benzene rings is 1. The molecular weight excluding hydrogens is 274 g/mol. The Bertz CT molecular complexity index is 678. The second kappa shape index (κ2) is 5.50. The molecule has 1 heterocycles. The van der Waals surface area contributed by atoms with Crippen LogP contribution in [0.4, 0.5) is 5.69 Å². The van der Waals surface area contributed by atoms with Gasteiger partial charge in [-0.05, 0) is 19.1 Å². The van der Waals surface area contributed by atoms with Gasteiger partial charge in [-0.2, -0.15) is 0 Å². The third kappa shape index (κ3) is 2.60. The highest BCUT2D eigenvalue weighted by atomic mass is 32.1. The van der Waals surface area contributed by atoms with Crippen molar-refractivity contribution in [3.8, 4) is 0 Å². The lowest BCUT2D eigenvalue weighted by Crippen LogP contribution is -2.36. The van der Waals surface area contributed by atoms with Gasteiger partial charge >= 0.3 is 0 Å². The van der Waals surface area contributed by atoms with E-state index in [9.17, 15) is 9.59 Å². The van der Waals surface area contributed by atoms with Crippen molar-refractivity contribution in [1.29, 1.82) is 0 Å². The number of carbonyl (C=O) groups excluding carboxylic acids is 2. The van der Waals surface area contributed by atoms with E-state index in [0.717, 1.165) is 15.6 Å². The first-order valence-electron chi connectivity index (χ1n) is 6.18. The maximum absolute atomic E-state index is 12.3. The Morgan fingerprint density at radius 3 is 2.75 bits per heavy atom. The minimum absolute atomic E-state index is 0.0159. The monoisotopic (exact) mass is 291 g/mol. The molecule has 0 unspecified atom stereocenters. The molecule has 1 aromatic heterocycles. The van der Waals surface area contributed by atoms with Crippen LogP contribution >= 0.6 is 11.3 Å². The van der Waals surface area contributed by atoms with E-state index in [1.807, 2.05) is 25.1 Å². The first-order valence-corrected chi connectivity index (χ1v) is 7.00. The first-order chi connectivity index (χ1) is 9.43. The lowest BCUT2D eigenvalue weighted by molar-refractivity contribution is -0.121. The predicted octanol–water partition coefficient (Wildman–Crippen LogP) is 1.61. The van der Waals surface area contributed by atoms with Crippen LogP contribution in [0.25, 0.3) is 10.1 Å². The molecule has 106 valence electrons. The molecule has 2 rings (SSSR count). The number of rotatable bonds is 3. The first kappa shape index (κ1) is 14.3. The summed E-state index contributed by atoms with van der Waals surface area (Å²) >= 11 is 1.36. The Hall–Kier alpha value is -2.08. The molecule has 5 nitrogen and oxygen atoms in total. The molecule has 0 aliphatic carbocycles. The number of carbonyl (C=O) groups is 2. The zero-order valence-electron chi connectivity index (χ0n) is 11.7. The maximum atomic E-state index is 12.3. The molecule has 0 bridgehead atoms. The Morgan fingerprint density at radius 2 is 2.10 bits per heavy atom. The van der Waals surface area contributed by atoms with Crippen LogP contribution in [0.15, 0.2) is 18.2 Å². The summed E-state index contributed by atoms with van der Waals surface area (Å²) in [5, 5.41) is 3.39. The smallest absolute Gasteiger partial charge is 0.266 e. The van der Waals surface area contributed by atoms with Crippen LogP contribution in [0, 0.1) is 6.92 Å². The fourth-order valence-corrected chi connectivity index (χ4v) is 3.03. The molecule has 0 aliphatic rings. The Kier molecular flexibility index (Phi) is 3.94. The largest absolute Gasteiger partial charge is 0.397 e. The van der Waals surface area contributed by atoms with Crippen LogP contribution in [0.3, 0.4) is 0 Å². The molecule has 0 saturated heterocycles. The van der Waals surface area contributed by atoms with Gasteiger partial charge in [0.1, 0.15) is 4.88 Å². The van der Waals surface area contributed by atoms with Crippen LogP contribution in [0.2, 0.25) is 0 Å². The molecular formula is C14H17N3O2S. The van der Waals surface area contributed by atoms with E-state index in [1.165, 1.54) is 23.3 Å². The minimum Gasteiger partial charge on any atom is -0.397 e. The van der Waals surface area contributed by atoms with E-state index < -0.39 is 0 Å². The summed E-state index contributed by atoms with van der Waals surface area (Å²) in [5.41, 5.74) is 7.66. The molecule has 3 N–H and O–H groups in total. The summed E-state index contributed by atoms with van der Waals surface area (Å²) in [4.78, 5) is 25.5. The van der Waals surface area contributed by atoms with Crippen LogP contribution in [0.1, 0.15) is 15.2 Å². The molecule has 0 radical (unpaired) electrons. The van der Waals surface area contributed by atoms with Gasteiger partial charge in [-0.15, -0.1) is 11.3 Å². The second-order valence-corrected chi connectivity index (χ2v) is 5.73. The van der Waals surface area contributed by atoms with Gasteiger partial charge in [0.25, 0.3) is 5.91 Å². The van der Waals surface area contributed by atoms with Crippen molar-refractivity contribution in [3.63, 3.8) is 0 Å². The van der Waals surface area contributed by atoms with Gasteiger partial charge < -0.3 is 16.0 Å². The number of hydrogen-bond acceptors (Lipinski definition) is 4. The molecule has 0 saturated carbocycles. The third-order valence-electron chi connectivity index (χ3n) is 3.08. The van der Waals surface area contributed by atoms with E-state index in [1.54, 1.807) is 7.05 Å². The second-order valence-electron chi connectivity index (χ2n) is 4.68. The number of likely N-dealkylation sites (N-methyl/N-ethyl adjacent to an activating group) is 2. The lowest BCUT2D eigenvalue weighted by atomic mass is 10.1. The van der Waals surface area contributed by atoms with Gasteiger partial charge in [-0.1, -0.05) is 11.6 Å². The molecule has 0 atom stereocenters. The van der Waals surface area contributed by atoms with Crippen LogP contribution in [-0.2, 0) is 4.79 Å². The van der Waals surface area contributed by atoms with Crippen molar-refractivity contribution in [1.82, 2.24) is 10.2 Å². The van der Waals surface area contributed by atoms with E-state index >= 15 is 0 Å². The SMILES string of the molecule is CNC(=O)CN(C)C(=O)c1sc2ccc(C)cc2c1N. The predicted molar refractivity (Wildman–Crippen MR) is 82.0 cm³/mol. The fourth-order valence-electron chi connectivity index (χ4n) is 1.93. The summed E-state index contributed by atoms with van der Waals surface area (Å²) in [7, 11) is 3.13. The van der Waals surface area contributed by atoms with Gasteiger partial charge in [0, 0.05) is 24.2 Å². The van der Waals surface area contributed by atoms with E-state index in [-0.39, 0.29) is 18.4 Å². The normalized spacial score (nSPS) is 10.6. The zero-order chi connectivity index (χ0) is 14.9. The number of nitrogen functional groups attached to an aromatic ring is 1. The Labute approximate surface area is 121 Å². The van der Waals surface area contributed by atoms with Crippen LogP contribution in [0.5, 0.6) is 0 Å².